The maximum Gasteiger partial charge on any atom is 0.339 e. The molecule has 3 N–H and O–H groups in total. The second-order valence-corrected chi connectivity index (χ2v) is 3.77. The minimum atomic E-state index is -1.14. The fraction of sp³-hybridized carbons (Fsp3) is 0.0909. The molecule has 88 valence electrons. The van der Waals surface area contributed by atoms with Crippen LogP contribution < -0.4 is 10.5 Å². The average Bonchev–Trinajstić information content (AvgIpc) is 2.29. The number of nitrogen functional groups attached to an aromatic ring is 1. The summed E-state index contributed by atoms with van der Waals surface area (Å²) in [4.78, 5) is 15.0. The van der Waals surface area contributed by atoms with Gasteiger partial charge in [-0.05, 0) is 12.1 Å². The number of aromatic carboxylic acids is 1. The number of aromatic nitrogens is 1. The third-order valence-electron chi connectivity index (χ3n) is 2.42. The zero-order chi connectivity index (χ0) is 12.6. The summed E-state index contributed by atoms with van der Waals surface area (Å²) in [5.41, 5.74) is 6.24. The number of pyridine rings is 1. The number of carboxylic acid groups (broad SMARTS) is 1. The van der Waals surface area contributed by atoms with Gasteiger partial charge in [0.1, 0.15) is 16.8 Å². The van der Waals surface area contributed by atoms with Crippen LogP contribution in [0, 0.1) is 0 Å². The molecule has 0 aliphatic rings. The van der Waals surface area contributed by atoms with Crippen molar-refractivity contribution >= 4 is 34.2 Å². The van der Waals surface area contributed by atoms with E-state index < -0.39 is 5.97 Å². The SMILES string of the molecule is COc1ccc(Cl)c2c(N)c(C(=O)O)cnc12. The lowest BCUT2D eigenvalue weighted by Crippen LogP contribution is -2.04. The Kier molecular flexibility index (Phi) is 2.77. The minimum absolute atomic E-state index is 0.0762. The number of hydrogen-bond donors (Lipinski definition) is 2. The van der Waals surface area contributed by atoms with Crippen molar-refractivity contribution in [1.82, 2.24) is 4.98 Å². The van der Waals surface area contributed by atoms with E-state index in [1.54, 1.807) is 12.1 Å². The standard InChI is InChI=1S/C11H9ClN2O3/c1-17-7-3-2-6(12)8-9(13)5(11(15)16)4-14-10(7)8/h2-4H,1H3,(H2,13,14)(H,15,16). The Hall–Kier alpha value is -2.01. The molecule has 0 unspecified atom stereocenters. The Bertz CT molecular complexity index is 613. The summed E-state index contributed by atoms with van der Waals surface area (Å²) in [6.07, 6.45) is 1.19. The van der Waals surface area contributed by atoms with Gasteiger partial charge in [0, 0.05) is 11.6 Å². The van der Waals surface area contributed by atoms with Crippen molar-refractivity contribution in [3.05, 3.63) is 28.9 Å². The minimum Gasteiger partial charge on any atom is -0.494 e. The highest BCUT2D eigenvalue weighted by molar-refractivity contribution is 6.37. The first-order valence-corrected chi connectivity index (χ1v) is 5.08. The van der Waals surface area contributed by atoms with Crippen LogP contribution in [-0.4, -0.2) is 23.2 Å². The van der Waals surface area contributed by atoms with Gasteiger partial charge in [-0.2, -0.15) is 0 Å². The number of carboxylic acids is 1. The van der Waals surface area contributed by atoms with Crippen molar-refractivity contribution in [2.75, 3.05) is 12.8 Å². The molecule has 0 saturated carbocycles. The largest absolute Gasteiger partial charge is 0.494 e. The molecule has 2 rings (SSSR count). The Balaban J connectivity index is 2.90. The van der Waals surface area contributed by atoms with Gasteiger partial charge in [0.05, 0.1) is 17.8 Å². The molecular weight excluding hydrogens is 244 g/mol. The second-order valence-electron chi connectivity index (χ2n) is 3.36. The topological polar surface area (TPSA) is 85.4 Å². The number of hydrogen-bond acceptors (Lipinski definition) is 4. The summed E-state index contributed by atoms with van der Waals surface area (Å²) in [7, 11) is 1.49. The summed E-state index contributed by atoms with van der Waals surface area (Å²) in [6.45, 7) is 0. The average molecular weight is 253 g/mol. The van der Waals surface area contributed by atoms with Gasteiger partial charge < -0.3 is 15.6 Å². The number of halogens is 1. The van der Waals surface area contributed by atoms with Crippen LogP contribution in [0.4, 0.5) is 5.69 Å². The first-order valence-electron chi connectivity index (χ1n) is 4.70. The Morgan fingerprint density at radius 2 is 2.24 bits per heavy atom. The molecule has 6 heteroatoms. The van der Waals surface area contributed by atoms with E-state index in [1.807, 2.05) is 0 Å². The number of nitrogens with zero attached hydrogens (tertiary/aromatic N) is 1. The van der Waals surface area contributed by atoms with Crippen LogP contribution in [0.15, 0.2) is 18.3 Å². The Labute approximate surface area is 102 Å². The van der Waals surface area contributed by atoms with Crippen LogP contribution in [0.5, 0.6) is 5.75 Å². The maximum atomic E-state index is 10.9. The molecule has 0 saturated heterocycles. The van der Waals surface area contributed by atoms with Crippen LogP contribution in [0.3, 0.4) is 0 Å². The molecule has 0 spiro atoms. The number of ether oxygens (including phenoxy) is 1. The molecule has 1 aromatic carbocycles. The number of carbonyl (C=O) groups is 1. The molecule has 0 radical (unpaired) electrons. The molecule has 0 atom stereocenters. The Morgan fingerprint density at radius 3 is 2.82 bits per heavy atom. The molecular formula is C11H9ClN2O3. The summed E-state index contributed by atoms with van der Waals surface area (Å²) in [5, 5.41) is 9.68. The van der Waals surface area contributed by atoms with Gasteiger partial charge in [0.2, 0.25) is 0 Å². The van der Waals surface area contributed by atoms with Crippen molar-refractivity contribution in [2.24, 2.45) is 0 Å². The maximum absolute atomic E-state index is 10.9. The van der Waals surface area contributed by atoms with E-state index in [0.717, 1.165) is 0 Å². The van der Waals surface area contributed by atoms with Gasteiger partial charge in [-0.15, -0.1) is 0 Å². The van der Waals surface area contributed by atoms with Gasteiger partial charge in [0.25, 0.3) is 0 Å². The second kappa shape index (κ2) is 4.10. The van der Waals surface area contributed by atoms with Gasteiger partial charge in [-0.3, -0.25) is 4.98 Å². The molecule has 0 fully saturated rings. The van der Waals surface area contributed by atoms with E-state index >= 15 is 0 Å². The van der Waals surface area contributed by atoms with E-state index in [9.17, 15) is 4.79 Å². The summed E-state index contributed by atoms with van der Waals surface area (Å²) >= 11 is 6.00. The molecule has 0 aliphatic heterocycles. The smallest absolute Gasteiger partial charge is 0.339 e. The van der Waals surface area contributed by atoms with Crippen molar-refractivity contribution in [3.63, 3.8) is 0 Å². The molecule has 0 amide bonds. The molecule has 5 nitrogen and oxygen atoms in total. The van der Waals surface area contributed by atoms with Crippen LogP contribution in [0.2, 0.25) is 5.02 Å². The fourth-order valence-corrected chi connectivity index (χ4v) is 1.85. The van der Waals surface area contributed by atoms with Crippen molar-refractivity contribution in [1.29, 1.82) is 0 Å². The quantitative estimate of drug-likeness (QED) is 0.856. The molecule has 1 heterocycles. The molecule has 1 aromatic heterocycles. The third kappa shape index (κ3) is 1.74. The van der Waals surface area contributed by atoms with Crippen molar-refractivity contribution in [2.45, 2.75) is 0 Å². The predicted molar refractivity (Wildman–Crippen MR) is 64.7 cm³/mol. The van der Waals surface area contributed by atoms with Crippen molar-refractivity contribution in [3.8, 4) is 5.75 Å². The van der Waals surface area contributed by atoms with Gasteiger partial charge in [-0.1, -0.05) is 11.6 Å². The van der Waals surface area contributed by atoms with Gasteiger partial charge >= 0.3 is 5.97 Å². The van der Waals surface area contributed by atoms with Crippen LogP contribution in [0.1, 0.15) is 10.4 Å². The lowest BCUT2D eigenvalue weighted by Gasteiger charge is -2.09. The molecule has 0 aliphatic carbocycles. The highest BCUT2D eigenvalue weighted by Crippen LogP contribution is 2.35. The zero-order valence-corrected chi connectivity index (χ0v) is 9.65. The lowest BCUT2D eigenvalue weighted by atomic mass is 10.1. The fourth-order valence-electron chi connectivity index (χ4n) is 1.60. The first-order chi connectivity index (χ1) is 8.06. The van der Waals surface area contributed by atoms with E-state index in [-0.39, 0.29) is 11.3 Å². The first kappa shape index (κ1) is 11.5. The highest BCUT2D eigenvalue weighted by Gasteiger charge is 2.16. The monoisotopic (exact) mass is 252 g/mol. The Morgan fingerprint density at radius 1 is 1.53 bits per heavy atom. The van der Waals surface area contributed by atoms with Gasteiger partial charge in [-0.25, -0.2) is 4.79 Å². The summed E-state index contributed by atoms with van der Waals surface area (Å²) < 4.78 is 5.11. The van der Waals surface area contributed by atoms with Crippen LogP contribution >= 0.6 is 11.6 Å². The number of nitrogens with two attached hydrogens (primary N) is 1. The normalized spacial score (nSPS) is 10.5. The number of methoxy groups -OCH3 is 1. The number of fused-ring (bicyclic) bond motifs is 1. The van der Waals surface area contributed by atoms with Crippen LogP contribution in [-0.2, 0) is 0 Å². The zero-order valence-electron chi connectivity index (χ0n) is 8.90. The predicted octanol–water partition coefficient (Wildman–Crippen LogP) is 2.18. The van der Waals surface area contributed by atoms with E-state index in [0.29, 0.717) is 21.7 Å². The molecule has 2 aromatic rings. The number of rotatable bonds is 2. The summed E-state index contributed by atoms with van der Waals surface area (Å²) in [6, 6.07) is 3.24. The lowest BCUT2D eigenvalue weighted by molar-refractivity contribution is 0.0698. The number of benzene rings is 1. The van der Waals surface area contributed by atoms with E-state index in [4.69, 9.17) is 27.2 Å². The van der Waals surface area contributed by atoms with Crippen LogP contribution in [0.25, 0.3) is 10.9 Å². The molecule has 0 bridgehead atoms. The third-order valence-corrected chi connectivity index (χ3v) is 2.74. The van der Waals surface area contributed by atoms with E-state index in [1.165, 1.54) is 13.3 Å². The van der Waals surface area contributed by atoms with E-state index in [2.05, 4.69) is 4.98 Å². The summed E-state index contributed by atoms with van der Waals surface area (Å²) in [5.74, 6) is -0.649. The van der Waals surface area contributed by atoms with Crippen molar-refractivity contribution < 1.29 is 14.6 Å². The number of anilines is 1. The van der Waals surface area contributed by atoms with Gasteiger partial charge in [0.15, 0.2) is 0 Å². The molecule has 17 heavy (non-hydrogen) atoms. The highest BCUT2D eigenvalue weighted by atomic mass is 35.5.